The van der Waals surface area contributed by atoms with Crippen molar-refractivity contribution in [3.63, 3.8) is 0 Å². The van der Waals surface area contributed by atoms with E-state index in [1.807, 2.05) is 30.3 Å². The fraction of sp³-hybridized carbons (Fsp3) is 0.103. The molecule has 200 valence electrons. The van der Waals surface area contributed by atoms with E-state index in [1.165, 1.54) is 22.3 Å². The molecular weight excluding hydrogens is 679 g/mol. The third-order valence-corrected chi connectivity index (χ3v) is 8.33. The van der Waals surface area contributed by atoms with Crippen LogP contribution >= 0.6 is 0 Å². The number of fused-ring (bicyclic) bond motifs is 2. The standard InChI is InChI=1S/C39H28N.Au/c1-38(2)32-21-9-11-23-34(32)39(35-24-12-10-22-33(35)38,31-20-13-19-30(27-31)28-15-5-3-6-16-28)37-26-14-25-36(40-37)29-17-7-4-8-18-29;/h3-15,17,19-26H,1-2H3;/q-3;+3. The predicted octanol–water partition coefficient (Wildman–Crippen LogP) is 8.84. The van der Waals surface area contributed by atoms with Gasteiger partial charge < -0.3 is 0 Å². The van der Waals surface area contributed by atoms with Gasteiger partial charge >= 0.3 is 22.4 Å². The Labute approximate surface area is 258 Å². The normalized spacial score (nSPS) is 14.3. The summed E-state index contributed by atoms with van der Waals surface area (Å²) in [5.74, 6) is 0. The predicted molar refractivity (Wildman–Crippen MR) is 162 cm³/mol. The first-order chi connectivity index (χ1) is 19.6. The quantitative estimate of drug-likeness (QED) is 0.132. The number of nitrogens with zero attached hydrogens (tertiary/aromatic N) is 1. The maximum atomic E-state index is 5.40. The molecule has 1 aliphatic carbocycles. The average Bonchev–Trinajstić information content (AvgIpc) is 3.03. The Kier molecular flexibility index (Phi) is 7.13. The molecule has 0 saturated carbocycles. The minimum Gasteiger partial charge on any atom is -0.300 e. The van der Waals surface area contributed by atoms with Crippen LogP contribution < -0.4 is 0 Å². The van der Waals surface area contributed by atoms with Crippen LogP contribution in [0.15, 0.2) is 133 Å². The van der Waals surface area contributed by atoms with Crippen molar-refractivity contribution in [1.29, 1.82) is 0 Å². The molecule has 5 aromatic carbocycles. The molecule has 7 rings (SSSR count). The molecule has 0 spiro atoms. The van der Waals surface area contributed by atoms with E-state index in [0.717, 1.165) is 33.6 Å². The summed E-state index contributed by atoms with van der Waals surface area (Å²) < 4.78 is 0. The van der Waals surface area contributed by atoms with Gasteiger partial charge in [0.05, 0.1) is 5.41 Å². The topological polar surface area (TPSA) is 12.9 Å². The third kappa shape index (κ3) is 4.33. The van der Waals surface area contributed by atoms with Gasteiger partial charge in [-0.2, -0.15) is 42.5 Å². The molecule has 0 bridgehead atoms. The second kappa shape index (κ2) is 10.8. The largest absolute Gasteiger partial charge is 3.00 e. The van der Waals surface area contributed by atoms with E-state index in [-0.39, 0.29) is 27.8 Å². The van der Waals surface area contributed by atoms with Crippen LogP contribution in [-0.4, -0.2) is 4.98 Å². The fourth-order valence-corrected chi connectivity index (χ4v) is 6.46. The first-order valence-corrected chi connectivity index (χ1v) is 13.7. The minimum atomic E-state index is -0.668. The van der Waals surface area contributed by atoms with E-state index in [4.69, 9.17) is 4.98 Å². The van der Waals surface area contributed by atoms with E-state index in [9.17, 15) is 0 Å². The number of hydrogen-bond acceptors (Lipinski definition) is 1. The van der Waals surface area contributed by atoms with Crippen LogP contribution in [0.4, 0.5) is 0 Å². The van der Waals surface area contributed by atoms with Crippen LogP contribution in [0.3, 0.4) is 0 Å². The first-order valence-electron chi connectivity index (χ1n) is 13.7. The SMILES string of the molecule is CC1(C)c2ccccc2C(c2[c-]c(-c3[c-]cccc3)ccc2)(c2cccc(-c3[c-]cccc3)n2)c2ccccc21.[Au+3]. The van der Waals surface area contributed by atoms with Gasteiger partial charge in [-0.05, 0) is 34.0 Å². The van der Waals surface area contributed by atoms with Crippen molar-refractivity contribution < 1.29 is 22.4 Å². The second-order valence-electron chi connectivity index (χ2n) is 10.9. The van der Waals surface area contributed by atoms with Crippen molar-refractivity contribution in [3.05, 3.63) is 185 Å². The molecular formula is C39H28AuN. The van der Waals surface area contributed by atoms with Gasteiger partial charge in [0, 0.05) is 11.1 Å². The van der Waals surface area contributed by atoms with Gasteiger partial charge in [-0.3, -0.25) is 4.98 Å². The molecule has 1 aromatic heterocycles. The smallest absolute Gasteiger partial charge is 0.300 e. The summed E-state index contributed by atoms with van der Waals surface area (Å²) in [4.78, 5) is 5.40. The molecule has 6 aromatic rings. The Morgan fingerprint density at radius 3 is 1.66 bits per heavy atom. The average molecular weight is 708 g/mol. The Bertz CT molecular complexity index is 1690. The zero-order valence-corrected chi connectivity index (χ0v) is 25.1. The molecule has 2 heteroatoms. The van der Waals surface area contributed by atoms with Crippen molar-refractivity contribution in [3.8, 4) is 22.4 Å². The number of rotatable bonds is 4. The second-order valence-corrected chi connectivity index (χ2v) is 10.9. The first kappa shape index (κ1) is 27.2. The minimum absolute atomic E-state index is 0. The van der Waals surface area contributed by atoms with Crippen molar-refractivity contribution in [2.45, 2.75) is 24.7 Å². The van der Waals surface area contributed by atoms with Crippen molar-refractivity contribution in [2.75, 3.05) is 0 Å². The summed E-state index contributed by atoms with van der Waals surface area (Å²) in [6, 6.07) is 57.4. The number of hydrogen-bond donors (Lipinski definition) is 0. The van der Waals surface area contributed by atoms with Gasteiger partial charge in [-0.15, -0.1) is 53.6 Å². The van der Waals surface area contributed by atoms with Gasteiger partial charge in [0.2, 0.25) is 0 Å². The van der Waals surface area contributed by atoms with E-state index in [2.05, 4.69) is 135 Å². The van der Waals surface area contributed by atoms with Crippen LogP contribution in [0, 0.1) is 18.2 Å². The number of aromatic nitrogens is 1. The zero-order chi connectivity index (χ0) is 27.2. The summed E-state index contributed by atoms with van der Waals surface area (Å²) in [6.07, 6.45) is 0. The molecule has 0 amide bonds. The molecule has 0 atom stereocenters. The van der Waals surface area contributed by atoms with E-state index in [0.29, 0.717) is 0 Å². The van der Waals surface area contributed by atoms with E-state index < -0.39 is 5.41 Å². The zero-order valence-electron chi connectivity index (χ0n) is 23.0. The summed E-state index contributed by atoms with van der Waals surface area (Å²) in [6.45, 7) is 4.66. The molecule has 0 unspecified atom stereocenters. The van der Waals surface area contributed by atoms with Crippen molar-refractivity contribution >= 4 is 0 Å². The maximum absolute atomic E-state index is 5.40. The van der Waals surface area contributed by atoms with Crippen LogP contribution in [-0.2, 0) is 33.2 Å². The van der Waals surface area contributed by atoms with Gasteiger partial charge in [0.1, 0.15) is 0 Å². The van der Waals surface area contributed by atoms with Gasteiger partial charge in [0.15, 0.2) is 0 Å². The van der Waals surface area contributed by atoms with Crippen LogP contribution in [0.2, 0.25) is 0 Å². The fourth-order valence-electron chi connectivity index (χ4n) is 6.46. The summed E-state index contributed by atoms with van der Waals surface area (Å²) in [7, 11) is 0. The molecule has 41 heavy (non-hydrogen) atoms. The van der Waals surface area contributed by atoms with Gasteiger partial charge in [-0.25, -0.2) is 11.1 Å². The monoisotopic (exact) mass is 707 g/mol. The Balaban J connectivity index is 0.00000302. The van der Waals surface area contributed by atoms with Gasteiger partial charge in [0.25, 0.3) is 0 Å². The van der Waals surface area contributed by atoms with Crippen LogP contribution in [0.1, 0.15) is 47.4 Å². The van der Waals surface area contributed by atoms with E-state index >= 15 is 0 Å². The number of benzene rings is 5. The van der Waals surface area contributed by atoms with E-state index in [1.54, 1.807) is 0 Å². The molecule has 1 heterocycles. The molecule has 1 aliphatic rings. The molecule has 0 N–H and O–H groups in total. The summed E-state index contributed by atoms with van der Waals surface area (Å²) in [5, 5.41) is 0. The van der Waals surface area contributed by atoms with Crippen LogP contribution in [0.25, 0.3) is 22.4 Å². The molecule has 1 nitrogen and oxygen atoms in total. The molecule has 0 radical (unpaired) electrons. The molecule has 0 aliphatic heterocycles. The van der Waals surface area contributed by atoms with Crippen molar-refractivity contribution in [1.82, 2.24) is 4.98 Å². The molecule has 0 saturated heterocycles. The van der Waals surface area contributed by atoms with Crippen LogP contribution in [0.5, 0.6) is 0 Å². The van der Waals surface area contributed by atoms with Crippen molar-refractivity contribution in [2.24, 2.45) is 0 Å². The van der Waals surface area contributed by atoms with Gasteiger partial charge in [-0.1, -0.05) is 74.5 Å². The Morgan fingerprint density at radius 1 is 0.512 bits per heavy atom. The third-order valence-electron chi connectivity index (χ3n) is 8.33. The summed E-state index contributed by atoms with van der Waals surface area (Å²) in [5.41, 5.74) is 10.2. The summed E-state index contributed by atoms with van der Waals surface area (Å²) >= 11 is 0. The Morgan fingerprint density at radius 2 is 1.05 bits per heavy atom. The maximum Gasteiger partial charge on any atom is 3.00 e. The number of pyridine rings is 1. The Hall–Kier alpha value is -4.01. The molecule has 0 fully saturated rings.